The van der Waals surface area contributed by atoms with Crippen molar-refractivity contribution in [2.45, 2.75) is 12.5 Å². The van der Waals surface area contributed by atoms with Crippen LogP contribution in [-0.4, -0.2) is 6.21 Å². The van der Waals surface area contributed by atoms with Crippen molar-refractivity contribution in [2.24, 2.45) is 5.10 Å². The highest BCUT2D eigenvalue weighted by Crippen LogP contribution is 2.21. The molecule has 12 heavy (non-hydrogen) atoms. The molecule has 1 aromatic rings. The number of hydrazone groups is 1. The number of rotatable bonds is 1. The van der Waals surface area contributed by atoms with E-state index >= 15 is 0 Å². The van der Waals surface area contributed by atoms with Gasteiger partial charge in [0.2, 0.25) is 0 Å². The summed E-state index contributed by atoms with van der Waals surface area (Å²) >= 11 is 0. The molecule has 0 fully saturated rings. The van der Waals surface area contributed by atoms with Gasteiger partial charge in [0, 0.05) is 18.2 Å². The third-order valence-electron chi connectivity index (χ3n) is 1.94. The normalized spacial score (nSPS) is 20.9. The Kier molecular flexibility index (Phi) is 1.78. The van der Waals surface area contributed by atoms with Gasteiger partial charge in [-0.1, -0.05) is 18.2 Å². The van der Waals surface area contributed by atoms with Gasteiger partial charge >= 0.3 is 0 Å². The van der Waals surface area contributed by atoms with Gasteiger partial charge in [-0.05, 0) is 6.07 Å². The van der Waals surface area contributed by atoms with Crippen molar-refractivity contribution >= 4 is 6.21 Å². The second-order valence-electron chi connectivity index (χ2n) is 2.75. The Morgan fingerprint density at radius 3 is 2.92 bits per heavy atom. The van der Waals surface area contributed by atoms with Gasteiger partial charge in [0.05, 0.1) is 6.04 Å². The van der Waals surface area contributed by atoms with Gasteiger partial charge in [0.25, 0.3) is 0 Å². The van der Waals surface area contributed by atoms with Crippen molar-refractivity contribution in [1.82, 2.24) is 5.43 Å². The SMILES string of the molecule is Fc1ccccc1[C@@H]1CC=NN1. The highest BCUT2D eigenvalue weighted by atomic mass is 19.1. The number of halogens is 1. The van der Waals surface area contributed by atoms with E-state index in [0.717, 1.165) is 6.42 Å². The molecular weight excluding hydrogens is 155 g/mol. The van der Waals surface area contributed by atoms with Crippen LogP contribution in [0.25, 0.3) is 0 Å². The first kappa shape index (κ1) is 7.28. The molecule has 2 nitrogen and oxygen atoms in total. The van der Waals surface area contributed by atoms with E-state index in [1.807, 2.05) is 6.07 Å². The minimum Gasteiger partial charge on any atom is -0.302 e. The van der Waals surface area contributed by atoms with Gasteiger partial charge in [0.15, 0.2) is 0 Å². The lowest BCUT2D eigenvalue weighted by atomic mass is 10.1. The van der Waals surface area contributed by atoms with Crippen LogP contribution in [0.2, 0.25) is 0 Å². The summed E-state index contributed by atoms with van der Waals surface area (Å²) in [6.45, 7) is 0. The summed E-state index contributed by atoms with van der Waals surface area (Å²) in [4.78, 5) is 0. The Morgan fingerprint density at radius 1 is 1.42 bits per heavy atom. The first-order chi connectivity index (χ1) is 5.88. The summed E-state index contributed by atoms with van der Waals surface area (Å²) in [5.74, 6) is -0.166. The van der Waals surface area contributed by atoms with Gasteiger partial charge < -0.3 is 5.43 Å². The van der Waals surface area contributed by atoms with Crippen LogP contribution in [0.4, 0.5) is 4.39 Å². The number of nitrogens with one attached hydrogen (secondary N) is 1. The summed E-state index contributed by atoms with van der Waals surface area (Å²) in [5, 5.41) is 3.84. The number of nitrogens with zero attached hydrogens (tertiary/aromatic N) is 1. The fourth-order valence-corrected chi connectivity index (χ4v) is 1.31. The smallest absolute Gasteiger partial charge is 0.128 e. The van der Waals surface area contributed by atoms with Gasteiger partial charge in [-0.25, -0.2) is 4.39 Å². The fraction of sp³-hybridized carbons (Fsp3) is 0.222. The lowest BCUT2D eigenvalue weighted by molar-refractivity contribution is 0.549. The van der Waals surface area contributed by atoms with E-state index in [0.29, 0.717) is 5.56 Å². The molecule has 0 radical (unpaired) electrons. The first-order valence-corrected chi connectivity index (χ1v) is 3.89. The zero-order valence-electron chi connectivity index (χ0n) is 6.50. The minimum absolute atomic E-state index is 0.0196. The molecule has 1 N–H and O–H groups in total. The van der Waals surface area contributed by atoms with Crippen LogP contribution in [0.15, 0.2) is 29.4 Å². The summed E-state index contributed by atoms with van der Waals surface area (Å²) < 4.78 is 13.1. The zero-order valence-corrected chi connectivity index (χ0v) is 6.50. The number of hydrogen-bond acceptors (Lipinski definition) is 2. The molecule has 1 aromatic carbocycles. The van der Waals surface area contributed by atoms with Gasteiger partial charge in [-0.3, -0.25) is 0 Å². The predicted molar refractivity (Wildman–Crippen MR) is 45.4 cm³/mol. The van der Waals surface area contributed by atoms with E-state index < -0.39 is 0 Å². The maximum atomic E-state index is 13.1. The molecule has 0 aromatic heterocycles. The van der Waals surface area contributed by atoms with Crippen molar-refractivity contribution in [1.29, 1.82) is 0 Å². The molecule has 1 aliphatic rings. The molecule has 2 rings (SSSR count). The van der Waals surface area contributed by atoms with E-state index in [9.17, 15) is 4.39 Å². The molecule has 62 valence electrons. The van der Waals surface area contributed by atoms with E-state index in [4.69, 9.17) is 0 Å². The fourth-order valence-electron chi connectivity index (χ4n) is 1.31. The highest BCUT2D eigenvalue weighted by Gasteiger charge is 2.15. The van der Waals surface area contributed by atoms with Crippen LogP contribution in [0.1, 0.15) is 18.0 Å². The average Bonchev–Trinajstić information content (AvgIpc) is 2.57. The van der Waals surface area contributed by atoms with Crippen molar-refractivity contribution < 1.29 is 4.39 Å². The van der Waals surface area contributed by atoms with Crippen LogP contribution < -0.4 is 5.43 Å². The zero-order chi connectivity index (χ0) is 8.39. The standard InChI is InChI=1S/C9H9FN2/c10-8-4-2-1-3-7(8)9-5-6-11-12-9/h1-4,6,9,12H,5H2/t9-/m0/s1. The molecule has 0 unspecified atom stereocenters. The lowest BCUT2D eigenvalue weighted by Crippen LogP contribution is -2.11. The third kappa shape index (κ3) is 1.18. The monoisotopic (exact) mass is 164 g/mol. The van der Waals surface area contributed by atoms with E-state index in [1.54, 1.807) is 18.3 Å². The molecular formula is C9H9FN2. The highest BCUT2D eigenvalue weighted by molar-refractivity contribution is 5.60. The van der Waals surface area contributed by atoms with Crippen molar-refractivity contribution in [3.8, 4) is 0 Å². The molecule has 0 saturated carbocycles. The van der Waals surface area contributed by atoms with Crippen LogP contribution >= 0.6 is 0 Å². The largest absolute Gasteiger partial charge is 0.302 e. The first-order valence-electron chi connectivity index (χ1n) is 3.89. The molecule has 0 spiro atoms. The predicted octanol–water partition coefficient (Wildman–Crippen LogP) is 1.85. The molecule has 1 heterocycles. The summed E-state index contributed by atoms with van der Waals surface area (Å²) in [5.41, 5.74) is 3.53. The summed E-state index contributed by atoms with van der Waals surface area (Å²) in [7, 11) is 0. The van der Waals surface area contributed by atoms with Gasteiger partial charge in [0.1, 0.15) is 5.82 Å². The topological polar surface area (TPSA) is 24.4 Å². The van der Waals surface area contributed by atoms with Crippen molar-refractivity contribution in [3.05, 3.63) is 35.6 Å². The molecule has 0 amide bonds. The number of hydrogen-bond donors (Lipinski definition) is 1. The molecule has 0 aliphatic carbocycles. The van der Waals surface area contributed by atoms with E-state index in [-0.39, 0.29) is 11.9 Å². The second kappa shape index (κ2) is 2.93. The van der Waals surface area contributed by atoms with E-state index in [2.05, 4.69) is 10.5 Å². The molecule has 3 heteroatoms. The Bertz CT molecular complexity index is 301. The van der Waals surface area contributed by atoms with Gasteiger partial charge in [-0.15, -0.1) is 0 Å². The Labute approximate surface area is 70.1 Å². The molecule has 1 aliphatic heterocycles. The van der Waals surface area contributed by atoms with Crippen molar-refractivity contribution in [2.75, 3.05) is 0 Å². The maximum absolute atomic E-state index is 13.1. The third-order valence-corrected chi connectivity index (χ3v) is 1.94. The molecule has 0 saturated heterocycles. The summed E-state index contributed by atoms with van der Waals surface area (Å²) in [6.07, 6.45) is 2.53. The molecule has 1 atom stereocenters. The van der Waals surface area contributed by atoms with Crippen LogP contribution in [0, 0.1) is 5.82 Å². The molecule has 0 bridgehead atoms. The van der Waals surface area contributed by atoms with Crippen LogP contribution in [0.5, 0.6) is 0 Å². The Morgan fingerprint density at radius 2 is 2.25 bits per heavy atom. The van der Waals surface area contributed by atoms with E-state index in [1.165, 1.54) is 6.07 Å². The summed E-state index contributed by atoms with van der Waals surface area (Å²) in [6, 6.07) is 6.79. The Hall–Kier alpha value is -1.38. The minimum atomic E-state index is -0.166. The van der Waals surface area contributed by atoms with Crippen molar-refractivity contribution in [3.63, 3.8) is 0 Å². The maximum Gasteiger partial charge on any atom is 0.128 e. The second-order valence-corrected chi connectivity index (χ2v) is 2.75. The quantitative estimate of drug-likeness (QED) is 0.673. The number of benzene rings is 1. The van der Waals surface area contributed by atoms with Gasteiger partial charge in [-0.2, -0.15) is 5.10 Å². The lowest BCUT2D eigenvalue weighted by Gasteiger charge is -2.09. The van der Waals surface area contributed by atoms with Crippen LogP contribution in [0.3, 0.4) is 0 Å². The average molecular weight is 164 g/mol. The Balaban J connectivity index is 2.27. The van der Waals surface area contributed by atoms with Crippen LogP contribution in [-0.2, 0) is 0 Å².